The fourth-order valence-corrected chi connectivity index (χ4v) is 3.68. The molecule has 1 aromatic heterocycles. The molecule has 0 unspecified atom stereocenters. The first kappa shape index (κ1) is 19.2. The lowest BCUT2D eigenvalue weighted by atomic mass is 9.89. The fourth-order valence-electron chi connectivity index (χ4n) is 3.68. The highest BCUT2D eigenvalue weighted by atomic mass is 16.5. The monoisotopic (exact) mass is 362 g/mol. The summed E-state index contributed by atoms with van der Waals surface area (Å²) in [4.78, 5) is 7.31. The zero-order valence-corrected chi connectivity index (χ0v) is 15.9. The molecule has 2 N–H and O–H groups in total. The lowest BCUT2D eigenvalue weighted by molar-refractivity contribution is 0.0389. The predicted molar refractivity (Wildman–Crippen MR) is 105 cm³/mol. The number of nitrogens with zero attached hydrogens (tertiary/aromatic N) is 2. The van der Waals surface area contributed by atoms with E-state index in [1.54, 1.807) is 6.26 Å². The van der Waals surface area contributed by atoms with Gasteiger partial charge in [0.05, 0.1) is 19.5 Å². The second kappa shape index (κ2) is 11.2. The van der Waals surface area contributed by atoms with Crippen molar-refractivity contribution in [1.82, 2.24) is 15.5 Å². The number of guanidine groups is 1. The van der Waals surface area contributed by atoms with E-state index in [0.717, 1.165) is 76.5 Å². The molecule has 0 amide bonds. The van der Waals surface area contributed by atoms with E-state index in [-0.39, 0.29) is 0 Å². The lowest BCUT2D eigenvalue weighted by Gasteiger charge is -2.27. The van der Waals surface area contributed by atoms with Crippen LogP contribution >= 0.6 is 0 Å². The molecule has 0 aromatic carbocycles. The van der Waals surface area contributed by atoms with Crippen molar-refractivity contribution in [3.8, 4) is 0 Å². The van der Waals surface area contributed by atoms with Crippen LogP contribution in [0.25, 0.3) is 0 Å². The van der Waals surface area contributed by atoms with Crippen LogP contribution in [0.3, 0.4) is 0 Å². The van der Waals surface area contributed by atoms with E-state index in [0.29, 0.717) is 0 Å². The van der Waals surface area contributed by atoms with Crippen molar-refractivity contribution in [3.63, 3.8) is 0 Å². The van der Waals surface area contributed by atoms with Gasteiger partial charge in [-0.05, 0) is 30.9 Å². The highest BCUT2D eigenvalue weighted by Gasteiger charge is 2.13. The summed E-state index contributed by atoms with van der Waals surface area (Å²) in [5, 5.41) is 6.98. The molecule has 2 fully saturated rings. The first-order valence-electron chi connectivity index (χ1n) is 10.2. The maximum atomic E-state index is 5.41. The van der Waals surface area contributed by atoms with E-state index >= 15 is 0 Å². The van der Waals surface area contributed by atoms with Gasteiger partial charge in [-0.3, -0.25) is 9.89 Å². The zero-order chi connectivity index (χ0) is 17.9. The molecule has 1 aliphatic carbocycles. The topological polar surface area (TPSA) is 62.0 Å². The number of morpholine rings is 1. The maximum absolute atomic E-state index is 5.41. The Labute approximate surface area is 157 Å². The van der Waals surface area contributed by atoms with Gasteiger partial charge >= 0.3 is 0 Å². The van der Waals surface area contributed by atoms with Crippen LogP contribution in [0.2, 0.25) is 0 Å². The van der Waals surface area contributed by atoms with Crippen LogP contribution in [-0.2, 0) is 11.2 Å². The molecular formula is C20H34N4O2. The molecule has 0 atom stereocenters. The van der Waals surface area contributed by atoms with E-state index < -0.39 is 0 Å². The average Bonchev–Trinajstić information content (AvgIpc) is 3.21. The van der Waals surface area contributed by atoms with Crippen molar-refractivity contribution >= 4 is 5.96 Å². The second-order valence-electron chi connectivity index (χ2n) is 7.33. The number of aliphatic imine (C=N–C) groups is 1. The SMILES string of the molecule is c1coc(CCNC(=NCC2CCCCC2)NCCN2CCOCC2)c1. The number of hydrogen-bond donors (Lipinski definition) is 2. The summed E-state index contributed by atoms with van der Waals surface area (Å²) in [6.45, 7) is 7.48. The van der Waals surface area contributed by atoms with Gasteiger partial charge in [0.1, 0.15) is 5.76 Å². The van der Waals surface area contributed by atoms with Crippen molar-refractivity contribution in [2.24, 2.45) is 10.9 Å². The molecule has 2 aliphatic rings. The van der Waals surface area contributed by atoms with Crippen LogP contribution < -0.4 is 10.6 Å². The first-order valence-corrected chi connectivity index (χ1v) is 10.2. The van der Waals surface area contributed by atoms with Crippen LogP contribution in [-0.4, -0.2) is 63.3 Å². The molecule has 1 saturated heterocycles. The van der Waals surface area contributed by atoms with Crippen LogP contribution in [0.15, 0.2) is 27.8 Å². The summed E-state index contributed by atoms with van der Waals surface area (Å²) < 4.78 is 10.8. The Balaban J connectivity index is 1.42. The van der Waals surface area contributed by atoms with Crippen molar-refractivity contribution in [2.75, 3.05) is 52.5 Å². The molecule has 0 bridgehead atoms. The van der Waals surface area contributed by atoms with Gasteiger partial charge in [0, 0.05) is 45.7 Å². The summed E-state index contributed by atoms with van der Waals surface area (Å²) >= 11 is 0. The highest BCUT2D eigenvalue weighted by molar-refractivity contribution is 5.79. The largest absolute Gasteiger partial charge is 0.469 e. The summed E-state index contributed by atoms with van der Waals surface area (Å²) in [6, 6.07) is 3.96. The second-order valence-corrected chi connectivity index (χ2v) is 7.33. The van der Waals surface area contributed by atoms with Gasteiger partial charge in [0.2, 0.25) is 0 Å². The third-order valence-corrected chi connectivity index (χ3v) is 5.30. The van der Waals surface area contributed by atoms with Crippen molar-refractivity contribution in [2.45, 2.75) is 38.5 Å². The van der Waals surface area contributed by atoms with E-state index in [9.17, 15) is 0 Å². The molecule has 0 radical (unpaired) electrons. The Morgan fingerprint density at radius 3 is 2.69 bits per heavy atom. The maximum Gasteiger partial charge on any atom is 0.191 e. The third-order valence-electron chi connectivity index (χ3n) is 5.30. The lowest BCUT2D eigenvalue weighted by Crippen LogP contribution is -2.45. The fraction of sp³-hybridized carbons (Fsp3) is 0.750. The first-order chi connectivity index (χ1) is 12.9. The summed E-state index contributed by atoms with van der Waals surface area (Å²) in [6.07, 6.45) is 9.40. The molecule has 0 spiro atoms. The minimum absolute atomic E-state index is 0.756. The summed E-state index contributed by atoms with van der Waals surface area (Å²) in [5.74, 6) is 2.71. The van der Waals surface area contributed by atoms with Gasteiger partial charge in [0.15, 0.2) is 5.96 Å². The van der Waals surface area contributed by atoms with Crippen LogP contribution in [0.5, 0.6) is 0 Å². The van der Waals surface area contributed by atoms with Gasteiger partial charge < -0.3 is 19.8 Å². The van der Waals surface area contributed by atoms with E-state index in [2.05, 4.69) is 15.5 Å². The minimum Gasteiger partial charge on any atom is -0.469 e. The quantitative estimate of drug-likeness (QED) is 0.549. The highest BCUT2D eigenvalue weighted by Crippen LogP contribution is 2.23. The smallest absolute Gasteiger partial charge is 0.191 e. The van der Waals surface area contributed by atoms with E-state index in [1.807, 2.05) is 12.1 Å². The predicted octanol–water partition coefficient (Wildman–Crippen LogP) is 2.27. The van der Waals surface area contributed by atoms with Crippen molar-refractivity contribution in [1.29, 1.82) is 0 Å². The Morgan fingerprint density at radius 2 is 1.92 bits per heavy atom. The number of hydrogen-bond acceptors (Lipinski definition) is 4. The minimum atomic E-state index is 0.756. The molecule has 6 nitrogen and oxygen atoms in total. The number of furan rings is 1. The standard InChI is InChI=1S/C20H34N4O2/c1-2-5-18(6-3-1)17-23-20(21-9-8-19-7-4-14-26-19)22-10-11-24-12-15-25-16-13-24/h4,7,14,18H,1-3,5-6,8-13,15-17H2,(H2,21,22,23). The third kappa shape index (κ3) is 7.00. The Bertz CT molecular complexity index is 506. The molecular weight excluding hydrogens is 328 g/mol. The van der Waals surface area contributed by atoms with Gasteiger partial charge in [-0.25, -0.2) is 0 Å². The molecule has 1 saturated carbocycles. The van der Waals surface area contributed by atoms with Gasteiger partial charge in [-0.15, -0.1) is 0 Å². The molecule has 3 rings (SSSR count). The van der Waals surface area contributed by atoms with Crippen molar-refractivity contribution in [3.05, 3.63) is 24.2 Å². The zero-order valence-electron chi connectivity index (χ0n) is 15.9. The normalized spacial score (nSPS) is 20.2. The Morgan fingerprint density at radius 1 is 1.12 bits per heavy atom. The van der Waals surface area contributed by atoms with Crippen molar-refractivity contribution < 1.29 is 9.15 Å². The van der Waals surface area contributed by atoms with Crippen LogP contribution in [0, 0.1) is 5.92 Å². The number of ether oxygens (including phenoxy) is 1. The molecule has 6 heteroatoms. The van der Waals surface area contributed by atoms with E-state index in [1.165, 1.54) is 32.1 Å². The molecule has 1 aromatic rings. The number of nitrogens with one attached hydrogen (secondary N) is 2. The van der Waals surface area contributed by atoms with Gasteiger partial charge in [-0.1, -0.05) is 19.3 Å². The van der Waals surface area contributed by atoms with Crippen LogP contribution in [0.1, 0.15) is 37.9 Å². The molecule has 2 heterocycles. The average molecular weight is 363 g/mol. The van der Waals surface area contributed by atoms with Gasteiger partial charge in [-0.2, -0.15) is 0 Å². The Kier molecular flexibility index (Phi) is 8.32. The van der Waals surface area contributed by atoms with Gasteiger partial charge in [0.25, 0.3) is 0 Å². The van der Waals surface area contributed by atoms with Crippen LogP contribution in [0.4, 0.5) is 0 Å². The summed E-state index contributed by atoms with van der Waals surface area (Å²) in [7, 11) is 0. The molecule has 26 heavy (non-hydrogen) atoms. The number of rotatable bonds is 8. The summed E-state index contributed by atoms with van der Waals surface area (Å²) in [5.41, 5.74) is 0. The Hall–Kier alpha value is -1.53. The molecule has 146 valence electrons. The molecule has 1 aliphatic heterocycles. The van der Waals surface area contributed by atoms with E-state index in [4.69, 9.17) is 14.1 Å².